The quantitative estimate of drug-likeness (QED) is 0.836. The standard InChI is InChI=1S/C16H19NO2/c18-15-12-6-10-7-13(9-12)17(14(15)8-10)16(19)11-4-2-1-3-5-11/h1-5,10,12-15,18H,6-9H2/t10-,12+,13-,14+,15+/m0/s1. The van der Waals surface area contributed by atoms with E-state index in [0.29, 0.717) is 12.0 Å². The van der Waals surface area contributed by atoms with Crippen LogP contribution in [0, 0.1) is 11.8 Å². The van der Waals surface area contributed by atoms with Crippen molar-refractivity contribution in [2.45, 2.75) is 43.9 Å². The number of benzene rings is 1. The van der Waals surface area contributed by atoms with Crippen molar-refractivity contribution in [1.82, 2.24) is 4.90 Å². The van der Waals surface area contributed by atoms with E-state index in [1.807, 2.05) is 35.2 Å². The summed E-state index contributed by atoms with van der Waals surface area (Å²) in [4.78, 5) is 14.7. The number of aliphatic hydroxyl groups is 1. The molecular weight excluding hydrogens is 238 g/mol. The number of aliphatic hydroxyl groups excluding tert-OH is 1. The minimum absolute atomic E-state index is 0.0592. The van der Waals surface area contributed by atoms with Crippen molar-refractivity contribution in [2.24, 2.45) is 11.8 Å². The molecule has 2 heterocycles. The molecule has 0 radical (unpaired) electrons. The van der Waals surface area contributed by atoms with Gasteiger partial charge in [-0.25, -0.2) is 0 Å². The average Bonchev–Trinajstić information content (AvgIpc) is 2.44. The lowest BCUT2D eigenvalue weighted by Gasteiger charge is -2.58. The van der Waals surface area contributed by atoms with Crippen LogP contribution in [-0.2, 0) is 0 Å². The smallest absolute Gasteiger partial charge is 0.254 e. The Labute approximate surface area is 113 Å². The zero-order valence-corrected chi connectivity index (χ0v) is 10.9. The number of hydrogen-bond donors (Lipinski definition) is 1. The summed E-state index contributed by atoms with van der Waals surface area (Å²) in [7, 11) is 0. The fourth-order valence-electron chi connectivity index (χ4n) is 4.54. The van der Waals surface area contributed by atoms with E-state index in [1.165, 1.54) is 6.42 Å². The summed E-state index contributed by atoms with van der Waals surface area (Å²) in [5.74, 6) is 1.27. The summed E-state index contributed by atoms with van der Waals surface area (Å²) in [6.07, 6.45) is 3.99. The Bertz CT molecular complexity index is 501. The molecule has 3 heteroatoms. The van der Waals surface area contributed by atoms with E-state index in [2.05, 4.69) is 0 Å². The van der Waals surface area contributed by atoms with Gasteiger partial charge in [-0.1, -0.05) is 18.2 Å². The van der Waals surface area contributed by atoms with Crippen molar-refractivity contribution in [3.05, 3.63) is 35.9 Å². The molecule has 19 heavy (non-hydrogen) atoms. The van der Waals surface area contributed by atoms with Gasteiger partial charge in [0.05, 0.1) is 12.1 Å². The third kappa shape index (κ3) is 1.64. The molecule has 3 nitrogen and oxygen atoms in total. The number of carbonyl (C=O) groups is 1. The van der Waals surface area contributed by atoms with E-state index in [0.717, 1.165) is 30.7 Å². The van der Waals surface area contributed by atoms with Gasteiger partial charge in [-0.05, 0) is 49.7 Å². The van der Waals surface area contributed by atoms with Crippen LogP contribution < -0.4 is 0 Å². The van der Waals surface area contributed by atoms with Gasteiger partial charge in [0, 0.05) is 11.6 Å². The van der Waals surface area contributed by atoms with Crippen LogP contribution >= 0.6 is 0 Å². The van der Waals surface area contributed by atoms with Crippen LogP contribution in [0.25, 0.3) is 0 Å². The van der Waals surface area contributed by atoms with Gasteiger partial charge in [-0.15, -0.1) is 0 Å². The molecule has 0 aromatic heterocycles. The number of amides is 1. The maximum absolute atomic E-state index is 12.7. The van der Waals surface area contributed by atoms with Crippen LogP contribution in [0.3, 0.4) is 0 Å². The van der Waals surface area contributed by atoms with Gasteiger partial charge < -0.3 is 10.0 Å². The van der Waals surface area contributed by atoms with Crippen LogP contribution in [0.5, 0.6) is 0 Å². The minimum atomic E-state index is -0.305. The first-order valence-electron chi connectivity index (χ1n) is 7.30. The number of piperidine rings is 2. The number of hydrogen-bond acceptors (Lipinski definition) is 2. The Morgan fingerprint density at radius 3 is 2.68 bits per heavy atom. The van der Waals surface area contributed by atoms with Gasteiger partial charge in [0.15, 0.2) is 0 Å². The van der Waals surface area contributed by atoms with Crippen LogP contribution in [0.15, 0.2) is 30.3 Å². The van der Waals surface area contributed by atoms with Crippen LogP contribution in [0.4, 0.5) is 0 Å². The van der Waals surface area contributed by atoms with E-state index in [9.17, 15) is 9.90 Å². The normalized spacial score (nSPS) is 39.6. The lowest BCUT2D eigenvalue weighted by molar-refractivity contribution is -0.120. The molecule has 4 aliphatic rings. The van der Waals surface area contributed by atoms with Crippen molar-refractivity contribution < 1.29 is 9.90 Å². The highest BCUT2D eigenvalue weighted by molar-refractivity contribution is 5.94. The van der Waals surface area contributed by atoms with Crippen LogP contribution in [0.2, 0.25) is 0 Å². The van der Waals surface area contributed by atoms with E-state index < -0.39 is 0 Å². The molecule has 1 aromatic rings. The second-order valence-electron chi connectivity index (χ2n) is 6.36. The molecule has 1 N–H and O–H groups in total. The number of nitrogens with zero attached hydrogens (tertiary/aromatic N) is 1. The van der Waals surface area contributed by atoms with Crippen LogP contribution in [0.1, 0.15) is 36.0 Å². The Hall–Kier alpha value is -1.35. The Kier molecular flexibility index (Phi) is 2.46. The van der Waals surface area contributed by atoms with Gasteiger partial charge in [0.2, 0.25) is 0 Å². The van der Waals surface area contributed by atoms with E-state index in [1.54, 1.807) is 0 Å². The lowest BCUT2D eigenvalue weighted by Crippen LogP contribution is -2.66. The second-order valence-corrected chi connectivity index (χ2v) is 6.36. The molecule has 5 rings (SSSR count). The van der Waals surface area contributed by atoms with Crippen molar-refractivity contribution in [3.8, 4) is 0 Å². The van der Waals surface area contributed by atoms with Crippen molar-refractivity contribution >= 4 is 5.91 Å². The first-order chi connectivity index (χ1) is 9.24. The van der Waals surface area contributed by atoms with E-state index >= 15 is 0 Å². The zero-order valence-electron chi connectivity index (χ0n) is 10.9. The third-order valence-corrected chi connectivity index (χ3v) is 5.27. The maximum Gasteiger partial charge on any atom is 0.254 e. The van der Waals surface area contributed by atoms with Gasteiger partial charge in [-0.2, -0.15) is 0 Å². The zero-order chi connectivity index (χ0) is 13.0. The van der Waals surface area contributed by atoms with Crippen LogP contribution in [-0.4, -0.2) is 34.1 Å². The average molecular weight is 257 g/mol. The summed E-state index contributed by atoms with van der Waals surface area (Å²) < 4.78 is 0. The molecule has 2 saturated heterocycles. The van der Waals surface area contributed by atoms with Crippen molar-refractivity contribution in [3.63, 3.8) is 0 Å². The van der Waals surface area contributed by atoms with E-state index in [4.69, 9.17) is 0 Å². The van der Waals surface area contributed by atoms with Crippen molar-refractivity contribution in [1.29, 1.82) is 0 Å². The topological polar surface area (TPSA) is 40.5 Å². The number of carbonyl (C=O) groups excluding carboxylic acids is 1. The van der Waals surface area contributed by atoms with Crippen molar-refractivity contribution in [2.75, 3.05) is 0 Å². The molecular formula is C16H19NO2. The Morgan fingerprint density at radius 1 is 1.11 bits per heavy atom. The first kappa shape index (κ1) is 11.5. The third-order valence-electron chi connectivity index (χ3n) is 5.27. The molecule has 5 atom stereocenters. The molecule has 4 fully saturated rings. The molecule has 2 aliphatic heterocycles. The summed E-state index contributed by atoms with van der Waals surface area (Å²) in [5.41, 5.74) is 0.752. The highest BCUT2D eigenvalue weighted by atomic mass is 16.3. The molecule has 0 unspecified atom stereocenters. The molecule has 2 aliphatic carbocycles. The molecule has 100 valence electrons. The predicted octanol–water partition coefficient (Wildman–Crippen LogP) is 2.06. The molecule has 0 spiro atoms. The predicted molar refractivity (Wildman–Crippen MR) is 71.6 cm³/mol. The Morgan fingerprint density at radius 2 is 1.89 bits per heavy atom. The van der Waals surface area contributed by atoms with Gasteiger partial charge >= 0.3 is 0 Å². The lowest BCUT2D eigenvalue weighted by atomic mass is 9.62. The summed E-state index contributed by atoms with van der Waals surface area (Å²) >= 11 is 0. The van der Waals surface area contributed by atoms with E-state index in [-0.39, 0.29) is 18.1 Å². The fraction of sp³-hybridized carbons (Fsp3) is 0.562. The summed E-state index contributed by atoms with van der Waals surface area (Å²) in [6, 6.07) is 9.90. The monoisotopic (exact) mass is 257 g/mol. The first-order valence-corrected chi connectivity index (χ1v) is 7.30. The van der Waals surface area contributed by atoms with Gasteiger partial charge in [0.1, 0.15) is 0 Å². The molecule has 2 saturated carbocycles. The Balaban J connectivity index is 1.66. The van der Waals surface area contributed by atoms with Gasteiger partial charge in [0.25, 0.3) is 5.91 Å². The maximum atomic E-state index is 12.7. The summed E-state index contributed by atoms with van der Waals surface area (Å²) in [5, 5.41) is 10.4. The number of rotatable bonds is 1. The highest BCUT2D eigenvalue weighted by Crippen LogP contribution is 2.49. The largest absolute Gasteiger partial charge is 0.391 e. The molecule has 1 amide bonds. The highest BCUT2D eigenvalue weighted by Gasteiger charge is 2.53. The molecule has 4 bridgehead atoms. The summed E-state index contributed by atoms with van der Waals surface area (Å²) in [6.45, 7) is 0. The fourth-order valence-corrected chi connectivity index (χ4v) is 4.54. The molecule has 1 aromatic carbocycles. The minimum Gasteiger partial charge on any atom is -0.391 e. The van der Waals surface area contributed by atoms with Gasteiger partial charge in [-0.3, -0.25) is 4.79 Å². The SMILES string of the molecule is O=C(c1ccccc1)N1[C@H]2C[C@@H]3C[C@H](C2)[C@@H](O)[C@H]1C3. The second kappa shape index (κ2) is 4.07.